The number of hydrogen-bond acceptors (Lipinski definition) is 3. The summed E-state index contributed by atoms with van der Waals surface area (Å²) in [6.45, 7) is 8.65. The van der Waals surface area contributed by atoms with Gasteiger partial charge >= 0.3 is 0 Å². The molecule has 4 nitrogen and oxygen atoms in total. The third-order valence-corrected chi connectivity index (χ3v) is 3.06. The predicted molar refractivity (Wildman–Crippen MR) is 80.2 cm³/mol. The number of methoxy groups -OCH3 is 1. The maximum absolute atomic E-state index is 11.7. The van der Waals surface area contributed by atoms with Crippen LogP contribution >= 0.6 is 0 Å². The van der Waals surface area contributed by atoms with E-state index in [1.54, 1.807) is 7.11 Å². The van der Waals surface area contributed by atoms with Crippen LogP contribution in [-0.4, -0.2) is 32.3 Å². The Morgan fingerprint density at radius 1 is 1.30 bits per heavy atom. The van der Waals surface area contributed by atoms with Crippen LogP contribution in [0.2, 0.25) is 0 Å². The Hall–Kier alpha value is -1.55. The van der Waals surface area contributed by atoms with Crippen molar-refractivity contribution in [2.45, 2.75) is 39.7 Å². The lowest BCUT2D eigenvalue weighted by atomic mass is 10.0. The Balaban J connectivity index is 2.56. The second kappa shape index (κ2) is 7.90. The van der Waals surface area contributed by atoms with E-state index in [1.165, 1.54) is 5.56 Å². The summed E-state index contributed by atoms with van der Waals surface area (Å²) in [6, 6.07) is 6.11. The molecular formula is C16H25NO3. The molecule has 0 fully saturated rings. The smallest absolute Gasteiger partial charge is 0.258 e. The van der Waals surface area contributed by atoms with Gasteiger partial charge in [-0.05, 0) is 37.0 Å². The van der Waals surface area contributed by atoms with E-state index in [0.29, 0.717) is 12.5 Å². The summed E-state index contributed by atoms with van der Waals surface area (Å²) in [6.07, 6.45) is 0. The van der Waals surface area contributed by atoms with Crippen molar-refractivity contribution in [3.8, 4) is 5.75 Å². The van der Waals surface area contributed by atoms with Gasteiger partial charge in [0.1, 0.15) is 5.75 Å². The molecule has 0 bridgehead atoms. The van der Waals surface area contributed by atoms with Crippen LogP contribution in [0.3, 0.4) is 0 Å². The molecule has 0 spiro atoms. The van der Waals surface area contributed by atoms with Crippen LogP contribution in [0.1, 0.15) is 37.8 Å². The molecule has 1 aromatic carbocycles. The summed E-state index contributed by atoms with van der Waals surface area (Å²) in [5, 5.41) is 2.82. The van der Waals surface area contributed by atoms with Crippen molar-refractivity contribution in [3.05, 3.63) is 29.3 Å². The molecule has 0 radical (unpaired) electrons. The average molecular weight is 279 g/mol. The number of rotatable bonds is 7. The third kappa shape index (κ3) is 5.21. The number of ether oxygens (including phenoxy) is 2. The van der Waals surface area contributed by atoms with E-state index in [4.69, 9.17) is 9.47 Å². The lowest BCUT2D eigenvalue weighted by Gasteiger charge is -2.15. The Kier molecular flexibility index (Phi) is 6.52. The van der Waals surface area contributed by atoms with E-state index in [2.05, 4.69) is 25.2 Å². The topological polar surface area (TPSA) is 47.6 Å². The van der Waals surface area contributed by atoms with Crippen LogP contribution in [0.25, 0.3) is 0 Å². The summed E-state index contributed by atoms with van der Waals surface area (Å²) < 4.78 is 10.6. The molecule has 0 saturated heterocycles. The largest absolute Gasteiger partial charge is 0.483 e. The van der Waals surface area contributed by atoms with Gasteiger partial charge in [-0.1, -0.05) is 26.0 Å². The van der Waals surface area contributed by atoms with Crippen LogP contribution in [0.4, 0.5) is 0 Å². The number of carbonyl (C=O) groups is 1. The van der Waals surface area contributed by atoms with Gasteiger partial charge < -0.3 is 14.8 Å². The van der Waals surface area contributed by atoms with E-state index in [9.17, 15) is 4.79 Å². The van der Waals surface area contributed by atoms with Crippen molar-refractivity contribution in [3.63, 3.8) is 0 Å². The van der Waals surface area contributed by atoms with Crippen LogP contribution < -0.4 is 10.1 Å². The molecule has 0 aliphatic rings. The van der Waals surface area contributed by atoms with Gasteiger partial charge in [0.05, 0.1) is 6.61 Å². The van der Waals surface area contributed by atoms with Gasteiger partial charge in [0, 0.05) is 13.2 Å². The van der Waals surface area contributed by atoms with Crippen molar-refractivity contribution in [1.29, 1.82) is 0 Å². The second-order valence-corrected chi connectivity index (χ2v) is 5.39. The molecule has 4 heteroatoms. The Morgan fingerprint density at radius 2 is 2.00 bits per heavy atom. The Bertz CT molecular complexity index is 443. The number of hydrogen-bond donors (Lipinski definition) is 1. The summed E-state index contributed by atoms with van der Waals surface area (Å²) in [5.74, 6) is 1.07. The fraction of sp³-hybridized carbons (Fsp3) is 0.562. The number of carbonyl (C=O) groups excluding carboxylic acids is 1. The molecule has 0 heterocycles. The molecule has 0 saturated carbocycles. The normalized spacial score (nSPS) is 12.3. The zero-order chi connectivity index (χ0) is 15.1. The van der Waals surface area contributed by atoms with Gasteiger partial charge in [-0.15, -0.1) is 0 Å². The van der Waals surface area contributed by atoms with E-state index >= 15 is 0 Å². The van der Waals surface area contributed by atoms with Gasteiger partial charge in [0.25, 0.3) is 5.91 Å². The molecule has 20 heavy (non-hydrogen) atoms. The number of nitrogens with one attached hydrogen (secondary N) is 1. The first-order valence-electron chi connectivity index (χ1n) is 6.95. The number of amides is 1. The van der Waals surface area contributed by atoms with Gasteiger partial charge in [-0.25, -0.2) is 0 Å². The van der Waals surface area contributed by atoms with E-state index < -0.39 is 0 Å². The lowest BCUT2D eigenvalue weighted by molar-refractivity contribution is -0.124. The minimum atomic E-state index is -0.135. The minimum Gasteiger partial charge on any atom is -0.483 e. The molecule has 1 unspecified atom stereocenters. The molecule has 0 aromatic heterocycles. The van der Waals surface area contributed by atoms with E-state index in [-0.39, 0.29) is 18.6 Å². The van der Waals surface area contributed by atoms with E-state index in [1.807, 2.05) is 26.0 Å². The van der Waals surface area contributed by atoms with Gasteiger partial charge in [-0.2, -0.15) is 0 Å². The fourth-order valence-electron chi connectivity index (χ4n) is 1.88. The standard InChI is InChI=1S/C16H25NO3/c1-11(2)14-7-6-12(3)15(8-14)20-10-16(18)17-13(4)9-19-5/h6-8,11,13H,9-10H2,1-5H3,(H,17,18). The van der Waals surface area contributed by atoms with Gasteiger partial charge in [-0.3, -0.25) is 4.79 Å². The molecule has 112 valence electrons. The van der Waals surface area contributed by atoms with Crippen molar-refractivity contribution >= 4 is 5.91 Å². The van der Waals surface area contributed by atoms with Gasteiger partial charge in [0.15, 0.2) is 6.61 Å². The Labute approximate surface area is 121 Å². The fourth-order valence-corrected chi connectivity index (χ4v) is 1.88. The number of aryl methyl sites for hydroxylation is 1. The highest BCUT2D eigenvalue weighted by Gasteiger charge is 2.10. The summed E-state index contributed by atoms with van der Waals surface area (Å²) in [7, 11) is 1.61. The average Bonchev–Trinajstić information content (AvgIpc) is 2.37. The molecular weight excluding hydrogens is 254 g/mol. The maximum Gasteiger partial charge on any atom is 0.258 e. The van der Waals surface area contributed by atoms with Crippen LogP contribution in [0.5, 0.6) is 5.75 Å². The number of benzene rings is 1. The SMILES string of the molecule is COCC(C)NC(=O)COc1cc(C(C)C)ccc1C. The van der Waals surface area contributed by atoms with Crippen molar-refractivity contribution in [2.75, 3.05) is 20.3 Å². The van der Waals surface area contributed by atoms with Crippen LogP contribution in [0.15, 0.2) is 18.2 Å². The lowest BCUT2D eigenvalue weighted by Crippen LogP contribution is -2.38. The van der Waals surface area contributed by atoms with E-state index in [0.717, 1.165) is 11.3 Å². The zero-order valence-electron chi connectivity index (χ0n) is 13.0. The molecule has 1 N–H and O–H groups in total. The quantitative estimate of drug-likeness (QED) is 0.834. The van der Waals surface area contributed by atoms with Crippen LogP contribution in [-0.2, 0) is 9.53 Å². The monoisotopic (exact) mass is 279 g/mol. The molecule has 0 aliphatic carbocycles. The van der Waals surface area contributed by atoms with Gasteiger partial charge in [0.2, 0.25) is 0 Å². The minimum absolute atomic E-state index is 0.0146. The summed E-state index contributed by atoms with van der Waals surface area (Å²) in [5.41, 5.74) is 2.24. The zero-order valence-corrected chi connectivity index (χ0v) is 13.0. The van der Waals surface area contributed by atoms with Crippen molar-refractivity contribution in [2.24, 2.45) is 0 Å². The highest BCUT2D eigenvalue weighted by Crippen LogP contribution is 2.24. The second-order valence-electron chi connectivity index (χ2n) is 5.39. The van der Waals surface area contributed by atoms with Crippen molar-refractivity contribution in [1.82, 2.24) is 5.32 Å². The first kappa shape index (κ1) is 16.5. The molecule has 1 atom stereocenters. The molecule has 0 aliphatic heterocycles. The first-order valence-corrected chi connectivity index (χ1v) is 6.95. The highest BCUT2D eigenvalue weighted by atomic mass is 16.5. The summed E-state index contributed by atoms with van der Waals surface area (Å²) >= 11 is 0. The summed E-state index contributed by atoms with van der Waals surface area (Å²) in [4.78, 5) is 11.7. The molecule has 1 rings (SSSR count). The molecule has 1 amide bonds. The molecule has 1 aromatic rings. The predicted octanol–water partition coefficient (Wildman–Crippen LogP) is 2.65. The van der Waals surface area contributed by atoms with Crippen molar-refractivity contribution < 1.29 is 14.3 Å². The van der Waals surface area contributed by atoms with Crippen LogP contribution in [0, 0.1) is 6.92 Å². The highest BCUT2D eigenvalue weighted by molar-refractivity contribution is 5.77. The third-order valence-electron chi connectivity index (χ3n) is 3.06. The first-order chi connectivity index (χ1) is 9.43. The maximum atomic E-state index is 11.7. The Morgan fingerprint density at radius 3 is 2.60 bits per heavy atom.